The zero-order chi connectivity index (χ0) is 16.0. The fourth-order valence-electron chi connectivity index (χ4n) is 2.05. The number of aliphatic hydroxyl groups is 1. The minimum Gasteiger partial charge on any atom is -0.465 e. The Morgan fingerprint density at radius 1 is 1.19 bits per heavy atom. The third-order valence-electron chi connectivity index (χ3n) is 2.97. The van der Waals surface area contributed by atoms with Crippen molar-refractivity contribution < 1.29 is 24.2 Å². The number of hydrogen-bond acceptors (Lipinski definition) is 7. The SMILES string of the molecule is CCOC(=O)C(C(=O)OCC)C(C)(O)c1nccnc1C. The molecule has 116 valence electrons. The van der Waals surface area contributed by atoms with Crippen LogP contribution in [0.1, 0.15) is 32.2 Å². The maximum absolute atomic E-state index is 12.1. The molecule has 0 aliphatic carbocycles. The number of ether oxygens (including phenoxy) is 2. The monoisotopic (exact) mass is 296 g/mol. The lowest BCUT2D eigenvalue weighted by Gasteiger charge is -2.29. The second-order valence-corrected chi connectivity index (χ2v) is 4.57. The average molecular weight is 296 g/mol. The molecule has 0 saturated carbocycles. The first kappa shape index (κ1) is 17.0. The summed E-state index contributed by atoms with van der Waals surface area (Å²) in [5.41, 5.74) is -1.33. The number of nitrogens with zero attached hydrogens (tertiary/aromatic N) is 2. The summed E-state index contributed by atoms with van der Waals surface area (Å²) in [5.74, 6) is -3.23. The van der Waals surface area contributed by atoms with E-state index in [-0.39, 0.29) is 18.9 Å². The molecule has 0 aliphatic rings. The van der Waals surface area contributed by atoms with Crippen LogP contribution in [0.2, 0.25) is 0 Å². The molecule has 0 saturated heterocycles. The van der Waals surface area contributed by atoms with Crippen LogP contribution < -0.4 is 0 Å². The summed E-state index contributed by atoms with van der Waals surface area (Å²) in [7, 11) is 0. The molecule has 1 unspecified atom stereocenters. The lowest BCUT2D eigenvalue weighted by atomic mass is 9.85. The molecule has 21 heavy (non-hydrogen) atoms. The first-order chi connectivity index (χ1) is 9.86. The number of carbonyl (C=O) groups is 2. The molecule has 1 aromatic heterocycles. The van der Waals surface area contributed by atoms with Gasteiger partial charge in [0.05, 0.1) is 24.6 Å². The summed E-state index contributed by atoms with van der Waals surface area (Å²) in [5, 5.41) is 10.7. The Labute approximate surface area is 123 Å². The highest BCUT2D eigenvalue weighted by molar-refractivity contribution is 5.96. The Hall–Kier alpha value is -2.02. The standard InChI is InChI=1S/C14H20N2O5/c1-5-20-12(17)10(13(18)21-6-2)14(4,19)11-9(3)15-7-8-16-11/h7-8,10,19H,5-6H2,1-4H3. The second-order valence-electron chi connectivity index (χ2n) is 4.57. The molecule has 0 radical (unpaired) electrons. The molecule has 1 aromatic rings. The fraction of sp³-hybridized carbons (Fsp3) is 0.571. The molecular formula is C14H20N2O5. The van der Waals surface area contributed by atoms with Gasteiger partial charge in [0.2, 0.25) is 0 Å². The van der Waals surface area contributed by atoms with Crippen LogP contribution in [0.4, 0.5) is 0 Å². The summed E-state index contributed by atoms with van der Waals surface area (Å²) >= 11 is 0. The molecule has 1 heterocycles. The molecule has 0 aromatic carbocycles. The number of aromatic nitrogens is 2. The Balaban J connectivity index is 3.26. The molecule has 0 fully saturated rings. The van der Waals surface area contributed by atoms with Crippen molar-refractivity contribution >= 4 is 11.9 Å². The van der Waals surface area contributed by atoms with Crippen molar-refractivity contribution in [3.8, 4) is 0 Å². The molecule has 1 N–H and O–H groups in total. The van der Waals surface area contributed by atoms with Crippen molar-refractivity contribution in [3.63, 3.8) is 0 Å². The van der Waals surface area contributed by atoms with Gasteiger partial charge in [-0.1, -0.05) is 0 Å². The zero-order valence-electron chi connectivity index (χ0n) is 12.6. The average Bonchev–Trinajstić information content (AvgIpc) is 2.39. The van der Waals surface area contributed by atoms with E-state index in [2.05, 4.69) is 9.97 Å². The van der Waals surface area contributed by atoms with E-state index >= 15 is 0 Å². The zero-order valence-corrected chi connectivity index (χ0v) is 12.6. The molecule has 0 spiro atoms. The van der Waals surface area contributed by atoms with Gasteiger partial charge < -0.3 is 14.6 Å². The van der Waals surface area contributed by atoms with Crippen LogP contribution in [0, 0.1) is 12.8 Å². The number of rotatable bonds is 6. The van der Waals surface area contributed by atoms with Crippen LogP contribution in [-0.2, 0) is 24.7 Å². The van der Waals surface area contributed by atoms with E-state index in [0.29, 0.717) is 5.69 Å². The van der Waals surface area contributed by atoms with Crippen LogP contribution in [0.15, 0.2) is 12.4 Å². The van der Waals surface area contributed by atoms with Crippen molar-refractivity contribution in [2.75, 3.05) is 13.2 Å². The van der Waals surface area contributed by atoms with Gasteiger partial charge in [-0.25, -0.2) is 0 Å². The minimum atomic E-state index is -1.88. The van der Waals surface area contributed by atoms with E-state index in [1.54, 1.807) is 20.8 Å². The van der Waals surface area contributed by atoms with Crippen LogP contribution in [0.3, 0.4) is 0 Å². The normalized spacial score (nSPS) is 13.6. The van der Waals surface area contributed by atoms with Crippen molar-refractivity contribution in [2.24, 2.45) is 5.92 Å². The maximum Gasteiger partial charge on any atom is 0.323 e. The molecule has 7 nitrogen and oxygen atoms in total. The lowest BCUT2D eigenvalue weighted by Crippen LogP contribution is -2.45. The highest BCUT2D eigenvalue weighted by atomic mass is 16.6. The van der Waals surface area contributed by atoms with Crippen LogP contribution in [-0.4, -0.2) is 40.2 Å². The highest BCUT2D eigenvalue weighted by Gasteiger charge is 2.48. The topological polar surface area (TPSA) is 98.6 Å². The first-order valence-corrected chi connectivity index (χ1v) is 6.69. The van der Waals surface area contributed by atoms with Gasteiger partial charge in [-0.15, -0.1) is 0 Å². The lowest BCUT2D eigenvalue weighted by molar-refractivity contribution is -0.174. The molecule has 0 amide bonds. The first-order valence-electron chi connectivity index (χ1n) is 6.69. The Morgan fingerprint density at radius 2 is 1.67 bits per heavy atom. The van der Waals surface area contributed by atoms with Gasteiger partial charge >= 0.3 is 11.9 Å². The summed E-state index contributed by atoms with van der Waals surface area (Å²) in [6.45, 7) is 6.35. The Kier molecular flexibility index (Phi) is 5.78. The molecule has 7 heteroatoms. The van der Waals surface area contributed by atoms with Gasteiger partial charge in [0, 0.05) is 12.4 Å². The predicted octanol–water partition coefficient (Wildman–Crippen LogP) is 0.735. The fourth-order valence-corrected chi connectivity index (χ4v) is 2.05. The minimum absolute atomic E-state index is 0.0876. The van der Waals surface area contributed by atoms with Crippen LogP contribution in [0.25, 0.3) is 0 Å². The van der Waals surface area contributed by atoms with Crippen LogP contribution >= 0.6 is 0 Å². The van der Waals surface area contributed by atoms with Crippen molar-refractivity contribution in [1.29, 1.82) is 0 Å². The molecule has 1 atom stereocenters. The Bertz CT molecular complexity index is 498. The van der Waals surface area contributed by atoms with E-state index in [0.717, 1.165) is 0 Å². The van der Waals surface area contributed by atoms with Gasteiger partial charge in [-0.3, -0.25) is 19.6 Å². The highest BCUT2D eigenvalue weighted by Crippen LogP contribution is 2.31. The smallest absolute Gasteiger partial charge is 0.323 e. The molecular weight excluding hydrogens is 276 g/mol. The number of hydrogen-bond donors (Lipinski definition) is 1. The summed E-state index contributed by atoms with van der Waals surface area (Å²) in [6.07, 6.45) is 2.84. The van der Waals surface area contributed by atoms with Crippen molar-refractivity contribution in [2.45, 2.75) is 33.3 Å². The molecule has 0 aliphatic heterocycles. The van der Waals surface area contributed by atoms with Crippen LogP contribution in [0.5, 0.6) is 0 Å². The largest absolute Gasteiger partial charge is 0.465 e. The summed E-state index contributed by atoms with van der Waals surface area (Å²) < 4.78 is 9.74. The number of aryl methyl sites for hydroxylation is 1. The van der Waals surface area contributed by atoms with E-state index in [1.165, 1.54) is 19.3 Å². The summed E-state index contributed by atoms with van der Waals surface area (Å²) in [6, 6.07) is 0. The van der Waals surface area contributed by atoms with E-state index in [4.69, 9.17) is 9.47 Å². The van der Waals surface area contributed by atoms with Gasteiger partial charge in [0.25, 0.3) is 0 Å². The van der Waals surface area contributed by atoms with E-state index in [9.17, 15) is 14.7 Å². The van der Waals surface area contributed by atoms with E-state index < -0.39 is 23.5 Å². The van der Waals surface area contributed by atoms with Gasteiger partial charge in [-0.05, 0) is 27.7 Å². The van der Waals surface area contributed by atoms with E-state index in [1.807, 2.05) is 0 Å². The quantitative estimate of drug-likeness (QED) is 0.610. The number of esters is 2. The number of carbonyl (C=O) groups excluding carboxylic acids is 2. The maximum atomic E-state index is 12.1. The molecule has 1 rings (SSSR count). The summed E-state index contributed by atoms with van der Waals surface area (Å²) in [4.78, 5) is 32.2. The van der Waals surface area contributed by atoms with Crippen molar-refractivity contribution in [1.82, 2.24) is 9.97 Å². The molecule has 0 bridgehead atoms. The van der Waals surface area contributed by atoms with Gasteiger partial charge in [0.15, 0.2) is 5.92 Å². The Morgan fingerprint density at radius 3 is 2.10 bits per heavy atom. The van der Waals surface area contributed by atoms with Gasteiger partial charge in [0.1, 0.15) is 5.60 Å². The van der Waals surface area contributed by atoms with Gasteiger partial charge in [-0.2, -0.15) is 0 Å². The third kappa shape index (κ3) is 3.75. The van der Waals surface area contributed by atoms with Crippen molar-refractivity contribution in [3.05, 3.63) is 23.8 Å². The second kappa shape index (κ2) is 7.12. The predicted molar refractivity (Wildman–Crippen MR) is 73.1 cm³/mol. The third-order valence-corrected chi connectivity index (χ3v) is 2.97.